The number of hydrogen-bond donors (Lipinski definition) is 1. The summed E-state index contributed by atoms with van der Waals surface area (Å²) in [7, 11) is 8.07. The zero-order valence-corrected chi connectivity index (χ0v) is 38.0. The second-order valence-electron chi connectivity index (χ2n) is 20.3. The van der Waals surface area contributed by atoms with Gasteiger partial charge in [0.05, 0.1) is 18.3 Å². The Balaban J connectivity index is 1.13. The summed E-state index contributed by atoms with van der Waals surface area (Å²) in [6.07, 6.45) is 4.56. The van der Waals surface area contributed by atoms with E-state index in [9.17, 15) is 5.11 Å². The summed E-state index contributed by atoms with van der Waals surface area (Å²) in [6, 6.07) is 0. The average Bonchev–Trinajstić information content (AvgIpc) is 3.83. The zero-order chi connectivity index (χ0) is 42.6. The first-order valence-electron chi connectivity index (χ1n) is 22.0. The molecule has 2 heterocycles. The Morgan fingerprint density at radius 3 is 2.03 bits per heavy atom. The zero-order valence-electron chi connectivity index (χ0n) is 38.0. The second-order valence-corrected chi connectivity index (χ2v) is 20.3. The number of fused-ring (bicyclic) bond motifs is 3. The standard InChI is InChI=1S/C45H76O14/c1-27-19-28(37(46)41(4,5)57-26-51-12)58-35-33(27)42(6)17-18-45-21-44(45)16-15-32(40(2,3)30(44)13-14-31(45)43(42,7)38(35)56-25-50-11)59-39-36(55-24-49-10)34(54-23-48-9)29(20-52-39)53-22-47-8/h27-32,34,36-39,46H,13-26H2,1-12H3/t27-,28-,29-,30+,31+,32+,34+,36-,37+,38+,39+,42-,43-,44?,45+/m1/s1. The first-order valence-corrected chi connectivity index (χ1v) is 22.0. The summed E-state index contributed by atoms with van der Waals surface area (Å²) in [5, 5.41) is 11.8. The van der Waals surface area contributed by atoms with Crippen molar-refractivity contribution in [2.75, 3.05) is 76.1 Å². The van der Waals surface area contributed by atoms with E-state index in [1.165, 1.54) is 18.4 Å². The van der Waals surface area contributed by atoms with E-state index in [4.69, 9.17) is 61.6 Å². The molecule has 14 heteroatoms. The topological polar surface area (TPSA) is 140 Å². The molecule has 7 rings (SSSR count). The van der Waals surface area contributed by atoms with E-state index in [2.05, 4.69) is 34.6 Å². The van der Waals surface area contributed by atoms with Crippen LogP contribution < -0.4 is 0 Å². The van der Waals surface area contributed by atoms with E-state index in [-0.39, 0.29) is 85.8 Å². The molecule has 5 aliphatic carbocycles. The van der Waals surface area contributed by atoms with Gasteiger partial charge in [-0.25, -0.2) is 0 Å². The largest absolute Gasteiger partial charge is 0.489 e. The number of ether oxygens (including phenoxy) is 13. The van der Waals surface area contributed by atoms with Crippen LogP contribution in [0.5, 0.6) is 0 Å². The van der Waals surface area contributed by atoms with E-state index < -0.39 is 42.4 Å². The predicted octanol–water partition coefficient (Wildman–Crippen LogP) is 6.17. The van der Waals surface area contributed by atoms with E-state index in [0.717, 1.165) is 37.9 Å². The molecule has 2 aliphatic heterocycles. The third-order valence-corrected chi connectivity index (χ3v) is 16.9. The Bertz CT molecular complexity index is 1470. The molecule has 59 heavy (non-hydrogen) atoms. The lowest BCUT2D eigenvalue weighted by Crippen LogP contribution is -2.62. The monoisotopic (exact) mass is 841 g/mol. The summed E-state index contributed by atoms with van der Waals surface area (Å²) in [5.41, 5.74) is 0.455. The van der Waals surface area contributed by atoms with Crippen molar-refractivity contribution in [1.82, 2.24) is 0 Å². The average molecular weight is 841 g/mol. The maximum Gasteiger partial charge on any atom is 0.186 e. The molecule has 0 aromatic heterocycles. The Kier molecular flexibility index (Phi) is 13.7. The molecule has 2 spiro atoms. The quantitative estimate of drug-likeness (QED) is 0.117. The van der Waals surface area contributed by atoms with Crippen LogP contribution >= 0.6 is 0 Å². The summed E-state index contributed by atoms with van der Waals surface area (Å²) >= 11 is 0. The van der Waals surface area contributed by atoms with Crippen LogP contribution in [0, 0.1) is 44.8 Å². The van der Waals surface area contributed by atoms with Crippen LogP contribution in [0.1, 0.15) is 99.8 Å². The van der Waals surface area contributed by atoms with Gasteiger partial charge in [-0.15, -0.1) is 0 Å². The van der Waals surface area contributed by atoms with Gasteiger partial charge in [0.2, 0.25) is 0 Å². The van der Waals surface area contributed by atoms with E-state index >= 15 is 0 Å². The van der Waals surface area contributed by atoms with Crippen molar-refractivity contribution in [3.05, 3.63) is 11.3 Å². The number of aliphatic hydroxyl groups is 1. The smallest absolute Gasteiger partial charge is 0.186 e. The lowest BCUT2D eigenvalue weighted by atomic mass is 9.41. The molecule has 0 aromatic rings. The third-order valence-electron chi connectivity index (χ3n) is 16.9. The highest BCUT2D eigenvalue weighted by Crippen LogP contribution is 2.89. The van der Waals surface area contributed by atoms with Gasteiger partial charge in [-0.3, -0.25) is 0 Å². The minimum absolute atomic E-state index is 0.0529. The highest BCUT2D eigenvalue weighted by molar-refractivity contribution is 5.43. The molecule has 14 nitrogen and oxygen atoms in total. The molecular weight excluding hydrogens is 764 g/mol. The highest BCUT2D eigenvalue weighted by atomic mass is 16.8. The fourth-order valence-corrected chi connectivity index (χ4v) is 14.2. The van der Waals surface area contributed by atoms with Crippen LogP contribution in [0.3, 0.4) is 0 Å². The molecule has 0 bridgehead atoms. The SMILES string of the molecule is COCO[C@@H]1[C@@H](OCOC)[C@H](O[C@H]2CCC34C[C@]35CC[C@]3(C)C6=C(O[C@@H]([C@H](O)C(C)(C)OCOC)C[C@H]6C)[C@H](OCOC)[C@@]3(C)[C@@H]5CC[C@H]4C2(C)C)OC[C@H]1OCOC. The van der Waals surface area contributed by atoms with Gasteiger partial charge in [0, 0.05) is 46.4 Å². The molecule has 1 N–H and O–H groups in total. The molecule has 15 atom stereocenters. The van der Waals surface area contributed by atoms with Gasteiger partial charge in [-0.05, 0) is 105 Å². The van der Waals surface area contributed by atoms with Crippen molar-refractivity contribution < 1.29 is 66.7 Å². The van der Waals surface area contributed by atoms with E-state index in [1.807, 2.05) is 13.8 Å². The fraction of sp³-hybridized carbons (Fsp3) is 0.956. The molecule has 0 aromatic carbocycles. The van der Waals surface area contributed by atoms with Gasteiger partial charge < -0.3 is 66.7 Å². The van der Waals surface area contributed by atoms with Crippen molar-refractivity contribution >= 4 is 0 Å². The highest BCUT2D eigenvalue weighted by Gasteiger charge is 2.84. The number of hydrogen-bond acceptors (Lipinski definition) is 14. The molecular formula is C45H76O14. The molecule has 5 fully saturated rings. The van der Waals surface area contributed by atoms with Gasteiger partial charge in [-0.2, -0.15) is 0 Å². The molecule has 0 radical (unpaired) electrons. The Morgan fingerprint density at radius 2 is 1.36 bits per heavy atom. The van der Waals surface area contributed by atoms with Crippen LogP contribution in [0.25, 0.3) is 0 Å². The summed E-state index contributed by atoms with van der Waals surface area (Å²) < 4.78 is 78.4. The molecule has 4 saturated carbocycles. The van der Waals surface area contributed by atoms with Crippen LogP contribution in [0.4, 0.5) is 0 Å². The Morgan fingerprint density at radius 1 is 0.746 bits per heavy atom. The Labute approximate surface area is 352 Å². The first-order chi connectivity index (χ1) is 28.1. The lowest BCUT2D eigenvalue weighted by molar-refractivity contribution is -0.336. The minimum Gasteiger partial charge on any atom is -0.489 e. The second kappa shape index (κ2) is 17.5. The van der Waals surface area contributed by atoms with E-state index in [1.54, 1.807) is 35.5 Å². The van der Waals surface area contributed by atoms with Crippen LogP contribution in [0.2, 0.25) is 0 Å². The van der Waals surface area contributed by atoms with Crippen molar-refractivity contribution in [3.63, 3.8) is 0 Å². The van der Waals surface area contributed by atoms with Crippen LogP contribution in [-0.4, -0.2) is 136 Å². The number of allylic oxidation sites excluding steroid dienone is 1. The normalized spacial score (nSPS) is 44.2. The van der Waals surface area contributed by atoms with Crippen molar-refractivity contribution in [2.45, 2.75) is 154 Å². The number of methoxy groups -OCH3 is 5. The molecule has 0 amide bonds. The van der Waals surface area contributed by atoms with Gasteiger partial charge in [0.15, 0.2) is 6.29 Å². The Hall–Kier alpha value is -0.980. The first kappa shape index (κ1) is 46.0. The molecule has 340 valence electrons. The van der Waals surface area contributed by atoms with Gasteiger partial charge in [0.1, 0.15) is 76.3 Å². The van der Waals surface area contributed by atoms with Crippen molar-refractivity contribution in [1.29, 1.82) is 0 Å². The summed E-state index contributed by atoms with van der Waals surface area (Å²) in [6.45, 7) is 16.7. The van der Waals surface area contributed by atoms with Crippen LogP contribution in [-0.2, 0) is 61.6 Å². The van der Waals surface area contributed by atoms with Crippen molar-refractivity contribution in [3.8, 4) is 0 Å². The van der Waals surface area contributed by atoms with Gasteiger partial charge in [0.25, 0.3) is 0 Å². The van der Waals surface area contributed by atoms with Gasteiger partial charge >= 0.3 is 0 Å². The molecule has 1 unspecified atom stereocenters. The summed E-state index contributed by atoms with van der Waals surface area (Å²) in [5.74, 6) is 2.04. The number of aliphatic hydroxyl groups excluding tert-OH is 1. The predicted molar refractivity (Wildman–Crippen MR) is 214 cm³/mol. The maximum absolute atomic E-state index is 11.8. The molecule has 1 saturated heterocycles. The summed E-state index contributed by atoms with van der Waals surface area (Å²) in [4.78, 5) is 0. The third kappa shape index (κ3) is 7.37. The fourth-order valence-electron chi connectivity index (χ4n) is 14.2. The number of rotatable bonds is 19. The van der Waals surface area contributed by atoms with E-state index in [0.29, 0.717) is 18.3 Å². The lowest BCUT2D eigenvalue weighted by Gasteiger charge is -2.64. The minimum atomic E-state index is -0.861. The van der Waals surface area contributed by atoms with Gasteiger partial charge in [-0.1, -0.05) is 34.6 Å². The van der Waals surface area contributed by atoms with Crippen LogP contribution in [0.15, 0.2) is 11.3 Å². The molecule has 7 aliphatic rings. The van der Waals surface area contributed by atoms with Crippen molar-refractivity contribution in [2.24, 2.45) is 44.8 Å². The maximum atomic E-state index is 11.8.